The molecule has 1 N–H and O–H groups in total. The zero-order valence-electron chi connectivity index (χ0n) is 9.75. The molecule has 102 valence electrons. The van der Waals surface area contributed by atoms with Crippen LogP contribution in [0, 0.1) is 11.6 Å². The van der Waals surface area contributed by atoms with E-state index in [9.17, 15) is 13.6 Å². The number of anilines is 1. The molecule has 1 aromatic carbocycles. The molecule has 3 aromatic rings. The molecule has 0 fully saturated rings. The van der Waals surface area contributed by atoms with Gasteiger partial charge in [0, 0.05) is 15.5 Å². The van der Waals surface area contributed by atoms with Gasteiger partial charge >= 0.3 is 0 Å². The number of fused-ring (bicyclic) bond motifs is 1. The third-order valence-electron chi connectivity index (χ3n) is 2.62. The van der Waals surface area contributed by atoms with E-state index in [-0.39, 0.29) is 10.2 Å². The Balaban J connectivity index is 1.89. The smallest absolute Gasteiger partial charge is 0.265 e. The van der Waals surface area contributed by atoms with Crippen LogP contribution in [0.15, 0.2) is 34.1 Å². The molecule has 0 unspecified atom stereocenters. The van der Waals surface area contributed by atoms with Crippen LogP contribution >= 0.6 is 38.6 Å². The first-order chi connectivity index (χ1) is 9.54. The van der Waals surface area contributed by atoms with Crippen LogP contribution in [0.25, 0.3) is 9.40 Å². The topological polar surface area (TPSA) is 29.1 Å². The van der Waals surface area contributed by atoms with Crippen LogP contribution in [0.4, 0.5) is 14.5 Å². The number of amides is 1. The summed E-state index contributed by atoms with van der Waals surface area (Å²) in [4.78, 5) is 12.5. The van der Waals surface area contributed by atoms with Crippen LogP contribution in [0.3, 0.4) is 0 Å². The molecule has 0 saturated heterocycles. The van der Waals surface area contributed by atoms with E-state index in [2.05, 4.69) is 21.2 Å². The van der Waals surface area contributed by atoms with Gasteiger partial charge in [0.2, 0.25) is 0 Å². The average molecular weight is 374 g/mol. The highest BCUT2D eigenvalue weighted by atomic mass is 79.9. The molecule has 2 nitrogen and oxygen atoms in total. The molecule has 0 spiro atoms. The van der Waals surface area contributed by atoms with Gasteiger partial charge in [-0.05, 0) is 39.5 Å². The Morgan fingerprint density at radius 3 is 2.70 bits per heavy atom. The van der Waals surface area contributed by atoms with Crippen LogP contribution in [0.1, 0.15) is 9.67 Å². The fourth-order valence-corrected chi connectivity index (χ4v) is 4.00. The standard InChI is InChI=1S/C13H6BrF2NOS2/c14-6-3-8(16)9(4-7(6)15)17-13(18)12-5-11-10(20-12)1-2-19-11/h1-5H,(H,17,18). The van der Waals surface area contributed by atoms with E-state index in [1.54, 1.807) is 6.07 Å². The molecular weight excluding hydrogens is 368 g/mol. The molecule has 2 heterocycles. The number of rotatable bonds is 2. The summed E-state index contributed by atoms with van der Waals surface area (Å²) in [6, 6.07) is 5.60. The Labute approximate surface area is 129 Å². The second kappa shape index (κ2) is 5.23. The number of hydrogen-bond acceptors (Lipinski definition) is 3. The van der Waals surface area contributed by atoms with Gasteiger partial charge in [-0.25, -0.2) is 8.78 Å². The zero-order valence-corrected chi connectivity index (χ0v) is 13.0. The third kappa shape index (κ3) is 2.48. The molecule has 3 rings (SSSR count). The first kappa shape index (κ1) is 13.7. The fourth-order valence-electron chi connectivity index (χ4n) is 1.68. The van der Waals surface area contributed by atoms with Crippen molar-refractivity contribution >= 4 is 59.6 Å². The van der Waals surface area contributed by atoms with Gasteiger partial charge in [-0.3, -0.25) is 4.79 Å². The van der Waals surface area contributed by atoms with Crippen LogP contribution < -0.4 is 5.32 Å². The van der Waals surface area contributed by atoms with E-state index in [4.69, 9.17) is 0 Å². The zero-order chi connectivity index (χ0) is 14.3. The molecule has 0 atom stereocenters. The highest BCUT2D eigenvalue weighted by Crippen LogP contribution is 2.31. The number of carbonyl (C=O) groups excluding carboxylic acids is 1. The van der Waals surface area contributed by atoms with Crippen LogP contribution in [0.5, 0.6) is 0 Å². The highest BCUT2D eigenvalue weighted by Gasteiger charge is 2.15. The minimum Gasteiger partial charge on any atom is -0.319 e. The van der Waals surface area contributed by atoms with E-state index in [1.807, 2.05) is 11.4 Å². The van der Waals surface area contributed by atoms with Crippen molar-refractivity contribution in [2.75, 3.05) is 5.32 Å². The second-order valence-corrected chi connectivity index (χ2v) is 6.85. The Kier molecular flexibility index (Phi) is 3.57. The third-order valence-corrected chi connectivity index (χ3v) is 5.32. The average Bonchev–Trinajstić information content (AvgIpc) is 2.96. The quantitative estimate of drug-likeness (QED) is 0.610. The van der Waals surface area contributed by atoms with Gasteiger partial charge in [0.15, 0.2) is 0 Å². The summed E-state index contributed by atoms with van der Waals surface area (Å²) in [5.74, 6) is -1.77. The maximum absolute atomic E-state index is 13.6. The van der Waals surface area contributed by atoms with Gasteiger partial charge in [0.25, 0.3) is 5.91 Å². The molecule has 0 bridgehead atoms. The highest BCUT2D eigenvalue weighted by molar-refractivity contribution is 9.10. The van der Waals surface area contributed by atoms with E-state index in [0.29, 0.717) is 4.88 Å². The van der Waals surface area contributed by atoms with Crippen molar-refractivity contribution in [2.24, 2.45) is 0 Å². The first-order valence-corrected chi connectivity index (χ1v) is 7.96. The van der Waals surface area contributed by atoms with E-state index in [1.165, 1.54) is 22.7 Å². The minimum atomic E-state index is -0.690. The van der Waals surface area contributed by atoms with Crippen molar-refractivity contribution in [1.29, 1.82) is 0 Å². The molecule has 20 heavy (non-hydrogen) atoms. The maximum Gasteiger partial charge on any atom is 0.265 e. The predicted octanol–water partition coefficient (Wildman–Crippen LogP) is 5.26. The number of carbonyl (C=O) groups is 1. The second-order valence-electron chi connectivity index (χ2n) is 3.96. The number of nitrogens with one attached hydrogen (secondary N) is 1. The van der Waals surface area contributed by atoms with Gasteiger partial charge in [0.05, 0.1) is 15.0 Å². The number of halogens is 3. The molecule has 1 amide bonds. The molecular formula is C13H6BrF2NOS2. The first-order valence-electron chi connectivity index (χ1n) is 5.47. The van der Waals surface area contributed by atoms with Gasteiger partial charge in [0.1, 0.15) is 11.6 Å². The van der Waals surface area contributed by atoms with Gasteiger partial charge < -0.3 is 5.32 Å². The van der Waals surface area contributed by atoms with Crippen molar-refractivity contribution in [1.82, 2.24) is 0 Å². The minimum absolute atomic E-state index is 0.0182. The predicted molar refractivity (Wildman–Crippen MR) is 81.7 cm³/mol. The fraction of sp³-hybridized carbons (Fsp3) is 0. The Morgan fingerprint density at radius 2 is 1.95 bits per heavy atom. The largest absolute Gasteiger partial charge is 0.319 e. The lowest BCUT2D eigenvalue weighted by Gasteiger charge is -2.06. The molecule has 0 aliphatic heterocycles. The van der Waals surface area contributed by atoms with Crippen molar-refractivity contribution in [3.05, 3.63) is 50.6 Å². The monoisotopic (exact) mass is 373 g/mol. The lowest BCUT2D eigenvalue weighted by molar-refractivity contribution is 0.103. The summed E-state index contributed by atoms with van der Waals surface area (Å²) in [6.45, 7) is 0. The van der Waals surface area contributed by atoms with E-state index >= 15 is 0 Å². The Morgan fingerprint density at radius 1 is 1.15 bits per heavy atom. The number of hydrogen-bond donors (Lipinski definition) is 1. The lowest BCUT2D eigenvalue weighted by Crippen LogP contribution is -2.11. The van der Waals surface area contributed by atoms with Crippen LogP contribution in [-0.4, -0.2) is 5.91 Å². The molecule has 7 heteroatoms. The number of benzene rings is 1. The van der Waals surface area contributed by atoms with Gasteiger partial charge in [-0.1, -0.05) is 0 Å². The van der Waals surface area contributed by atoms with Crippen LogP contribution in [-0.2, 0) is 0 Å². The molecule has 2 aromatic heterocycles. The SMILES string of the molecule is O=C(Nc1cc(F)c(Br)cc1F)c1cc2sccc2s1. The maximum atomic E-state index is 13.6. The molecule has 0 radical (unpaired) electrons. The molecule has 0 aliphatic carbocycles. The summed E-state index contributed by atoms with van der Waals surface area (Å²) in [5, 5.41) is 4.32. The van der Waals surface area contributed by atoms with Gasteiger partial charge in [-0.15, -0.1) is 22.7 Å². The molecule has 0 saturated carbocycles. The summed E-state index contributed by atoms with van der Waals surface area (Å²) in [6.07, 6.45) is 0. The van der Waals surface area contributed by atoms with E-state index < -0.39 is 17.5 Å². The summed E-state index contributed by atoms with van der Waals surface area (Å²) in [7, 11) is 0. The van der Waals surface area contributed by atoms with Crippen molar-refractivity contribution < 1.29 is 13.6 Å². The summed E-state index contributed by atoms with van der Waals surface area (Å²) in [5.41, 5.74) is -0.174. The van der Waals surface area contributed by atoms with Gasteiger partial charge in [-0.2, -0.15) is 0 Å². The van der Waals surface area contributed by atoms with Crippen molar-refractivity contribution in [3.63, 3.8) is 0 Å². The number of thiophene rings is 2. The normalized spacial score (nSPS) is 10.9. The summed E-state index contributed by atoms with van der Waals surface area (Å²) >= 11 is 5.73. The van der Waals surface area contributed by atoms with Crippen LogP contribution in [0.2, 0.25) is 0 Å². The lowest BCUT2D eigenvalue weighted by atomic mass is 10.3. The molecule has 0 aliphatic rings. The summed E-state index contributed by atoms with van der Waals surface area (Å²) < 4.78 is 29.0. The van der Waals surface area contributed by atoms with Crippen molar-refractivity contribution in [3.8, 4) is 0 Å². The van der Waals surface area contributed by atoms with E-state index in [0.717, 1.165) is 21.5 Å². The Hall–Kier alpha value is -1.31. The Bertz CT molecular complexity index is 783. The van der Waals surface area contributed by atoms with Crippen molar-refractivity contribution in [2.45, 2.75) is 0 Å².